The van der Waals surface area contributed by atoms with Gasteiger partial charge in [0, 0.05) is 6.54 Å². The summed E-state index contributed by atoms with van der Waals surface area (Å²) in [7, 11) is 0. The van der Waals surface area contributed by atoms with Crippen molar-refractivity contribution in [3.05, 3.63) is 46.0 Å². The SMILES string of the molecule is Nc1c(Oc2ccc3c(c2)CNCC3)nc[nH]c1=O. The van der Waals surface area contributed by atoms with Crippen LogP contribution in [-0.4, -0.2) is 16.5 Å². The van der Waals surface area contributed by atoms with E-state index in [9.17, 15) is 4.79 Å². The number of ether oxygens (including phenoxy) is 1. The van der Waals surface area contributed by atoms with Crippen LogP contribution in [-0.2, 0) is 13.0 Å². The second-order valence-electron chi connectivity index (χ2n) is 4.41. The molecule has 0 aliphatic carbocycles. The van der Waals surface area contributed by atoms with Crippen molar-refractivity contribution in [2.24, 2.45) is 0 Å². The number of nitrogen functional groups attached to an aromatic ring is 1. The topological polar surface area (TPSA) is 93.0 Å². The molecule has 4 N–H and O–H groups in total. The quantitative estimate of drug-likeness (QED) is 0.740. The van der Waals surface area contributed by atoms with Crippen LogP contribution in [0.2, 0.25) is 0 Å². The number of benzene rings is 1. The number of hydrogen-bond donors (Lipinski definition) is 3. The number of H-pyrrole nitrogens is 1. The predicted molar refractivity (Wildman–Crippen MR) is 71.2 cm³/mol. The summed E-state index contributed by atoms with van der Waals surface area (Å²) in [6, 6.07) is 5.85. The summed E-state index contributed by atoms with van der Waals surface area (Å²) in [4.78, 5) is 17.7. The lowest BCUT2D eigenvalue weighted by Crippen LogP contribution is -2.23. The van der Waals surface area contributed by atoms with Crippen molar-refractivity contribution in [1.82, 2.24) is 15.3 Å². The molecular weight excluding hydrogens is 244 g/mol. The minimum atomic E-state index is -0.398. The molecule has 0 radical (unpaired) electrons. The van der Waals surface area contributed by atoms with Crippen LogP contribution in [0.5, 0.6) is 11.6 Å². The number of aromatic amines is 1. The maximum Gasteiger partial charge on any atom is 0.277 e. The van der Waals surface area contributed by atoms with Gasteiger partial charge in [0.25, 0.3) is 5.56 Å². The number of nitrogens with zero attached hydrogens (tertiary/aromatic N) is 1. The van der Waals surface area contributed by atoms with Crippen molar-refractivity contribution >= 4 is 5.69 Å². The molecule has 0 fully saturated rings. The Morgan fingerprint density at radius 2 is 2.21 bits per heavy atom. The Morgan fingerprint density at radius 3 is 3.11 bits per heavy atom. The minimum Gasteiger partial charge on any atom is -0.437 e. The van der Waals surface area contributed by atoms with Gasteiger partial charge in [0.1, 0.15) is 5.75 Å². The third kappa shape index (κ3) is 2.30. The highest BCUT2D eigenvalue weighted by atomic mass is 16.5. The van der Waals surface area contributed by atoms with Crippen LogP contribution in [0, 0.1) is 0 Å². The van der Waals surface area contributed by atoms with E-state index in [0.29, 0.717) is 5.75 Å². The summed E-state index contributed by atoms with van der Waals surface area (Å²) < 4.78 is 5.57. The van der Waals surface area contributed by atoms with E-state index in [4.69, 9.17) is 10.5 Å². The van der Waals surface area contributed by atoms with E-state index < -0.39 is 5.56 Å². The van der Waals surface area contributed by atoms with Gasteiger partial charge in [0.05, 0.1) is 6.33 Å². The number of aromatic nitrogens is 2. The molecule has 0 spiro atoms. The lowest BCUT2D eigenvalue weighted by Gasteiger charge is -2.17. The highest BCUT2D eigenvalue weighted by molar-refractivity contribution is 5.48. The largest absolute Gasteiger partial charge is 0.437 e. The normalized spacial score (nSPS) is 13.9. The summed E-state index contributed by atoms with van der Waals surface area (Å²) in [6.07, 6.45) is 2.29. The lowest BCUT2D eigenvalue weighted by atomic mass is 10.0. The summed E-state index contributed by atoms with van der Waals surface area (Å²) in [5, 5.41) is 3.30. The molecule has 0 atom stereocenters. The summed E-state index contributed by atoms with van der Waals surface area (Å²) in [5.74, 6) is 0.764. The van der Waals surface area contributed by atoms with Crippen molar-refractivity contribution in [1.29, 1.82) is 0 Å². The maximum atomic E-state index is 11.4. The van der Waals surface area contributed by atoms with Crippen LogP contribution in [0.15, 0.2) is 29.3 Å². The fourth-order valence-electron chi connectivity index (χ4n) is 2.11. The molecule has 0 bridgehead atoms. The molecule has 6 nitrogen and oxygen atoms in total. The van der Waals surface area contributed by atoms with Crippen molar-refractivity contribution in [3.63, 3.8) is 0 Å². The first-order valence-electron chi connectivity index (χ1n) is 6.07. The van der Waals surface area contributed by atoms with Crippen LogP contribution < -0.4 is 21.3 Å². The first kappa shape index (κ1) is 11.7. The number of hydrogen-bond acceptors (Lipinski definition) is 5. The molecule has 2 aromatic rings. The summed E-state index contributed by atoms with van der Waals surface area (Å²) in [5.41, 5.74) is 7.73. The number of nitrogens with one attached hydrogen (secondary N) is 2. The van der Waals surface area contributed by atoms with Crippen molar-refractivity contribution in [2.75, 3.05) is 12.3 Å². The van der Waals surface area contributed by atoms with Gasteiger partial charge >= 0.3 is 0 Å². The first-order valence-corrected chi connectivity index (χ1v) is 6.07. The van der Waals surface area contributed by atoms with Gasteiger partial charge in [0.2, 0.25) is 5.88 Å². The van der Waals surface area contributed by atoms with Gasteiger partial charge < -0.3 is 20.8 Å². The molecule has 3 rings (SSSR count). The number of fused-ring (bicyclic) bond motifs is 1. The molecular formula is C13H14N4O2. The van der Waals surface area contributed by atoms with Gasteiger partial charge in [-0.05, 0) is 36.2 Å². The number of anilines is 1. The zero-order valence-electron chi connectivity index (χ0n) is 10.3. The first-order chi connectivity index (χ1) is 9.24. The third-order valence-corrected chi connectivity index (χ3v) is 3.13. The molecule has 2 heterocycles. The van der Waals surface area contributed by atoms with E-state index in [1.165, 1.54) is 17.5 Å². The van der Waals surface area contributed by atoms with E-state index in [1.807, 2.05) is 18.2 Å². The van der Waals surface area contributed by atoms with Gasteiger partial charge in [-0.2, -0.15) is 0 Å². The van der Waals surface area contributed by atoms with Crippen LogP contribution >= 0.6 is 0 Å². The Hall–Kier alpha value is -2.34. The Bertz CT molecular complexity index is 666. The Kier molecular flexibility index (Phi) is 2.92. The van der Waals surface area contributed by atoms with Crippen LogP contribution in [0.4, 0.5) is 5.69 Å². The Labute approximate surface area is 109 Å². The second-order valence-corrected chi connectivity index (χ2v) is 4.41. The Morgan fingerprint density at radius 1 is 1.32 bits per heavy atom. The molecule has 0 saturated carbocycles. The molecule has 1 aliphatic heterocycles. The molecule has 6 heteroatoms. The summed E-state index contributed by atoms with van der Waals surface area (Å²) >= 11 is 0. The van der Waals surface area contributed by atoms with Crippen LogP contribution in [0.25, 0.3) is 0 Å². The highest BCUT2D eigenvalue weighted by Gasteiger charge is 2.11. The smallest absolute Gasteiger partial charge is 0.277 e. The molecule has 1 aliphatic rings. The number of rotatable bonds is 2. The maximum absolute atomic E-state index is 11.4. The average Bonchev–Trinajstić information content (AvgIpc) is 2.44. The minimum absolute atomic E-state index is 0.0154. The molecule has 1 aromatic carbocycles. The second kappa shape index (κ2) is 4.74. The van der Waals surface area contributed by atoms with Gasteiger partial charge in [-0.3, -0.25) is 4.79 Å². The zero-order valence-corrected chi connectivity index (χ0v) is 10.3. The summed E-state index contributed by atoms with van der Waals surface area (Å²) in [6.45, 7) is 1.82. The van der Waals surface area contributed by atoms with Crippen molar-refractivity contribution < 1.29 is 4.74 Å². The van der Waals surface area contributed by atoms with Gasteiger partial charge in [0.15, 0.2) is 5.69 Å². The van der Waals surface area contributed by atoms with Crippen LogP contribution in [0.3, 0.4) is 0 Å². The van der Waals surface area contributed by atoms with Crippen molar-refractivity contribution in [3.8, 4) is 11.6 Å². The molecule has 0 saturated heterocycles. The van der Waals surface area contributed by atoms with E-state index in [-0.39, 0.29) is 11.6 Å². The molecule has 19 heavy (non-hydrogen) atoms. The van der Waals surface area contributed by atoms with Gasteiger partial charge in [-0.25, -0.2) is 4.98 Å². The average molecular weight is 258 g/mol. The zero-order chi connectivity index (χ0) is 13.2. The fourth-order valence-corrected chi connectivity index (χ4v) is 2.11. The van der Waals surface area contributed by atoms with Gasteiger partial charge in [-0.15, -0.1) is 0 Å². The molecule has 98 valence electrons. The molecule has 0 unspecified atom stereocenters. The fraction of sp³-hybridized carbons (Fsp3) is 0.231. The molecule has 1 aromatic heterocycles. The van der Waals surface area contributed by atoms with E-state index in [1.54, 1.807) is 0 Å². The highest BCUT2D eigenvalue weighted by Crippen LogP contribution is 2.25. The van der Waals surface area contributed by atoms with E-state index >= 15 is 0 Å². The van der Waals surface area contributed by atoms with Gasteiger partial charge in [-0.1, -0.05) is 6.07 Å². The number of nitrogens with two attached hydrogens (primary N) is 1. The monoisotopic (exact) mass is 258 g/mol. The Balaban J connectivity index is 1.91. The lowest BCUT2D eigenvalue weighted by molar-refractivity contribution is 0.461. The standard InChI is InChI=1S/C13H14N4O2/c14-11-12(18)16-7-17-13(11)19-10-2-1-8-3-4-15-6-9(8)5-10/h1-2,5,7,15H,3-4,6,14H2,(H,16,17,18). The van der Waals surface area contributed by atoms with Crippen molar-refractivity contribution in [2.45, 2.75) is 13.0 Å². The third-order valence-electron chi connectivity index (χ3n) is 3.13. The predicted octanol–water partition coefficient (Wildman–Crippen LogP) is 0.790. The van der Waals surface area contributed by atoms with E-state index in [0.717, 1.165) is 19.5 Å². The van der Waals surface area contributed by atoms with E-state index in [2.05, 4.69) is 15.3 Å². The molecule has 0 amide bonds. The van der Waals surface area contributed by atoms with Crippen LogP contribution in [0.1, 0.15) is 11.1 Å².